The van der Waals surface area contributed by atoms with Gasteiger partial charge >= 0.3 is 0 Å². The minimum Gasteiger partial charge on any atom is -0.378 e. The number of piperazine rings is 1. The summed E-state index contributed by atoms with van der Waals surface area (Å²) in [4.78, 5) is 13.6. The lowest BCUT2D eigenvalue weighted by atomic mass is 10.2. The molecule has 0 saturated carbocycles. The molecule has 126 valence electrons. The van der Waals surface area contributed by atoms with Gasteiger partial charge in [0, 0.05) is 25.7 Å². The molecule has 7 nitrogen and oxygen atoms in total. The van der Waals surface area contributed by atoms with E-state index in [9.17, 15) is 13.2 Å². The monoisotopic (exact) mass is 343 g/mol. The van der Waals surface area contributed by atoms with Gasteiger partial charge in [0.2, 0.25) is 15.9 Å². The van der Waals surface area contributed by atoms with Crippen LogP contribution in [0.4, 0.5) is 0 Å². The molecule has 21 heavy (non-hydrogen) atoms. The number of ether oxygens (including phenoxy) is 1. The van der Waals surface area contributed by atoms with Crippen molar-refractivity contribution in [2.75, 3.05) is 38.5 Å². The van der Waals surface area contributed by atoms with Gasteiger partial charge in [0.1, 0.15) is 0 Å². The van der Waals surface area contributed by atoms with Gasteiger partial charge in [0.05, 0.1) is 25.0 Å². The van der Waals surface area contributed by atoms with Gasteiger partial charge in [0.25, 0.3) is 0 Å². The van der Waals surface area contributed by atoms with Crippen LogP contribution in [0.15, 0.2) is 0 Å². The van der Waals surface area contributed by atoms with E-state index >= 15 is 0 Å². The topological polar surface area (TPSA) is 87.7 Å². The first-order chi connectivity index (χ1) is 9.30. The fourth-order valence-corrected chi connectivity index (χ4v) is 2.71. The van der Waals surface area contributed by atoms with Crippen LogP contribution in [0.25, 0.3) is 0 Å². The average molecular weight is 344 g/mol. The molecule has 1 heterocycles. The number of carbonyl (C=O) groups excluding carboxylic acids is 1. The third-order valence-corrected chi connectivity index (χ3v) is 4.26. The third kappa shape index (κ3) is 8.57. The maximum atomic E-state index is 11.9. The molecule has 0 radical (unpaired) electrons. The summed E-state index contributed by atoms with van der Waals surface area (Å²) in [6.07, 6.45) is -0.00540. The van der Waals surface area contributed by atoms with Gasteiger partial charge in [-0.25, -0.2) is 13.1 Å². The first-order valence-corrected chi connectivity index (χ1v) is 8.55. The number of sulfonamides is 1. The lowest BCUT2D eigenvalue weighted by molar-refractivity contribution is -0.131. The number of nitrogens with one attached hydrogen (secondary N) is 2. The molecule has 0 aromatic heterocycles. The molecule has 1 fully saturated rings. The van der Waals surface area contributed by atoms with E-state index in [1.54, 1.807) is 4.90 Å². The smallest absolute Gasteiger partial charge is 0.237 e. The maximum Gasteiger partial charge on any atom is 0.237 e. The van der Waals surface area contributed by atoms with E-state index < -0.39 is 10.0 Å². The van der Waals surface area contributed by atoms with Gasteiger partial charge in [-0.1, -0.05) is 0 Å². The molecule has 0 aromatic carbocycles. The predicted molar refractivity (Wildman–Crippen MR) is 84.2 cm³/mol. The molecule has 9 heteroatoms. The van der Waals surface area contributed by atoms with Gasteiger partial charge in [-0.05, 0) is 20.8 Å². The van der Waals surface area contributed by atoms with E-state index in [1.807, 2.05) is 20.8 Å². The lowest BCUT2D eigenvalue weighted by Crippen LogP contribution is -2.53. The minimum atomic E-state index is -3.46. The minimum absolute atomic E-state index is 0. The predicted octanol–water partition coefficient (Wildman–Crippen LogP) is -0.427. The number of rotatable bonds is 7. The number of hydrogen-bond acceptors (Lipinski definition) is 5. The van der Waals surface area contributed by atoms with Crippen LogP contribution in [-0.4, -0.2) is 69.9 Å². The van der Waals surface area contributed by atoms with Crippen LogP contribution in [-0.2, 0) is 19.6 Å². The van der Waals surface area contributed by atoms with Gasteiger partial charge in [-0.15, -0.1) is 12.4 Å². The summed E-state index contributed by atoms with van der Waals surface area (Å²) in [5.41, 5.74) is 0. The number of hydrogen-bond donors (Lipinski definition) is 2. The Morgan fingerprint density at radius 2 is 2.14 bits per heavy atom. The third-order valence-electron chi connectivity index (χ3n) is 2.97. The zero-order valence-electron chi connectivity index (χ0n) is 12.8. The van der Waals surface area contributed by atoms with Crippen LogP contribution in [0.5, 0.6) is 0 Å². The quantitative estimate of drug-likeness (QED) is 0.655. The van der Waals surface area contributed by atoms with Gasteiger partial charge in [0.15, 0.2) is 0 Å². The van der Waals surface area contributed by atoms with E-state index in [1.165, 1.54) is 0 Å². The first kappa shape index (κ1) is 20.6. The Balaban J connectivity index is 0.00000400. The summed E-state index contributed by atoms with van der Waals surface area (Å²) in [6, 6.07) is 0.240. The van der Waals surface area contributed by atoms with Crippen LogP contribution in [0, 0.1) is 0 Å². The zero-order valence-corrected chi connectivity index (χ0v) is 14.4. The van der Waals surface area contributed by atoms with E-state index in [-0.39, 0.29) is 49.4 Å². The van der Waals surface area contributed by atoms with Crippen LogP contribution < -0.4 is 10.0 Å². The van der Waals surface area contributed by atoms with Crippen LogP contribution in [0.2, 0.25) is 0 Å². The molecule has 0 spiro atoms. The summed E-state index contributed by atoms with van der Waals surface area (Å²) >= 11 is 0. The van der Waals surface area contributed by atoms with Crippen molar-refractivity contribution in [2.45, 2.75) is 32.9 Å². The highest BCUT2D eigenvalue weighted by atomic mass is 35.5. The molecule has 1 atom stereocenters. The molecule has 1 aliphatic heterocycles. The molecule has 1 unspecified atom stereocenters. The van der Waals surface area contributed by atoms with Gasteiger partial charge in [-0.2, -0.15) is 0 Å². The number of amides is 1. The van der Waals surface area contributed by atoms with E-state index in [2.05, 4.69) is 10.0 Å². The van der Waals surface area contributed by atoms with Crippen LogP contribution >= 0.6 is 12.4 Å². The molecule has 0 aliphatic carbocycles. The number of nitrogens with zero attached hydrogens (tertiary/aromatic N) is 1. The average Bonchev–Trinajstić information content (AvgIpc) is 2.35. The van der Waals surface area contributed by atoms with E-state index in [4.69, 9.17) is 4.74 Å². The van der Waals surface area contributed by atoms with E-state index in [0.29, 0.717) is 13.1 Å². The largest absolute Gasteiger partial charge is 0.378 e. The van der Waals surface area contributed by atoms with Crippen molar-refractivity contribution in [1.29, 1.82) is 0 Å². The molecular formula is C12H26ClN3O4S. The summed E-state index contributed by atoms with van der Waals surface area (Å²) in [7, 11) is -3.46. The molecule has 1 rings (SSSR count). The highest BCUT2D eigenvalue weighted by Gasteiger charge is 2.21. The fraction of sp³-hybridized carbons (Fsp3) is 0.917. The van der Waals surface area contributed by atoms with Gasteiger partial charge in [-0.3, -0.25) is 4.79 Å². The number of halogens is 1. The lowest BCUT2D eigenvalue weighted by Gasteiger charge is -2.31. The molecule has 1 saturated heterocycles. The Morgan fingerprint density at radius 1 is 1.48 bits per heavy atom. The molecule has 2 N–H and O–H groups in total. The molecule has 1 aliphatic rings. The van der Waals surface area contributed by atoms with Crippen molar-refractivity contribution in [3.8, 4) is 0 Å². The standard InChI is InChI=1S/C12H25N3O4S.ClH/c1-10(2)19-6-7-20(17,18)14-8-12(16)15-5-4-13-11(3)9-15;/h10-11,13-14H,4-9H2,1-3H3;1H. The zero-order chi connectivity index (χ0) is 15.2. The Kier molecular flexibility index (Phi) is 9.39. The second-order valence-corrected chi connectivity index (χ2v) is 7.18. The van der Waals surface area contributed by atoms with Crippen LogP contribution in [0.3, 0.4) is 0 Å². The Bertz CT molecular complexity index is 417. The van der Waals surface area contributed by atoms with Crippen molar-refractivity contribution < 1.29 is 17.9 Å². The first-order valence-electron chi connectivity index (χ1n) is 6.90. The highest BCUT2D eigenvalue weighted by Crippen LogP contribution is 1.99. The van der Waals surface area contributed by atoms with Crippen LogP contribution in [0.1, 0.15) is 20.8 Å². The van der Waals surface area contributed by atoms with Crippen molar-refractivity contribution in [3.05, 3.63) is 0 Å². The number of carbonyl (C=O) groups is 1. The Labute approximate surface area is 133 Å². The summed E-state index contributed by atoms with van der Waals surface area (Å²) < 4.78 is 30.9. The Morgan fingerprint density at radius 3 is 2.71 bits per heavy atom. The van der Waals surface area contributed by atoms with Crippen molar-refractivity contribution in [1.82, 2.24) is 14.9 Å². The summed E-state index contributed by atoms with van der Waals surface area (Å²) in [6.45, 7) is 7.58. The summed E-state index contributed by atoms with van der Waals surface area (Å²) in [5, 5.41) is 3.23. The molecule has 1 amide bonds. The van der Waals surface area contributed by atoms with Crippen molar-refractivity contribution in [3.63, 3.8) is 0 Å². The SMILES string of the molecule is CC1CN(C(=O)CNS(=O)(=O)CCOC(C)C)CCN1.Cl. The maximum absolute atomic E-state index is 11.9. The second-order valence-electron chi connectivity index (χ2n) is 5.25. The Hall–Kier alpha value is -0.410. The molecule has 0 bridgehead atoms. The summed E-state index contributed by atoms with van der Waals surface area (Å²) in [5.74, 6) is -0.317. The van der Waals surface area contributed by atoms with Crippen molar-refractivity contribution >= 4 is 28.3 Å². The van der Waals surface area contributed by atoms with Crippen molar-refractivity contribution in [2.24, 2.45) is 0 Å². The fourth-order valence-electron chi connectivity index (χ4n) is 1.91. The van der Waals surface area contributed by atoms with E-state index in [0.717, 1.165) is 6.54 Å². The molecule has 0 aromatic rings. The normalized spacial score (nSPS) is 19.4. The van der Waals surface area contributed by atoms with Gasteiger partial charge < -0.3 is 15.0 Å². The second kappa shape index (κ2) is 9.58. The highest BCUT2D eigenvalue weighted by molar-refractivity contribution is 7.89. The molecular weight excluding hydrogens is 318 g/mol.